The van der Waals surface area contributed by atoms with E-state index in [2.05, 4.69) is 36.2 Å². The number of benzene rings is 2. The third kappa shape index (κ3) is 2.20. The fourth-order valence-corrected chi connectivity index (χ4v) is 2.41. The summed E-state index contributed by atoms with van der Waals surface area (Å²) in [7, 11) is 1.65. The van der Waals surface area contributed by atoms with Crippen molar-refractivity contribution in [3.8, 4) is 5.75 Å². The molecule has 0 radical (unpaired) electrons. The Morgan fingerprint density at radius 3 is 2.80 bits per heavy atom. The van der Waals surface area contributed by atoms with Gasteiger partial charge in [-0.2, -0.15) is 0 Å². The number of nitrogen functional groups attached to an aromatic ring is 1. The molecule has 1 aromatic heterocycles. The van der Waals surface area contributed by atoms with Crippen LogP contribution in [0.3, 0.4) is 0 Å². The molecule has 0 unspecified atom stereocenters. The van der Waals surface area contributed by atoms with Crippen LogP contribution in [0, 0.1) is 6.92 Å². The Morgan fingerprint density at radius 2 is 2.05 bits per heavy atom. The second-order valence-corrected chi connectivity index (χ2v) is 4.90. The number of aromatic nitrogens is 2. The highest BCUT2D eigenvalue weighted by Gasteiger charge is 2.09. The summed E-state index contributed by atoms with van der Waals surface area (Å²) < 4.78 is 7.23. The number of methoxy groups -OCH3 is 1. The van der Waals surface area contributed by atoms with E-state index in [9.17, 15) is 0 Å². The van der Waals surface area contributed by atoms with E-state index in [4.69, 9.17) is 10.5 Å². The fourth-order valence-electron chi connectivity index (χ4n) is 2.41. The molecule has 0 aliphatic carbocycles. The van der Waals surface area contributed by atoms with Gasteiger partial charge in [0, 0.05) is 6.07 Å². The van der Waals surface area contributed by atoms with Crippen LogP contribution in [-0.4, -0.2) is 16.7 Å². The van der Waals surface area contributed by atoms with Gasteiger partial charge in [0.25, 0.3) is 0 Å². The standard InChI is InChI=1S/C16H17N3O/c1-11-4-3-5-12(8-11)10-19-15-7-6-13(20-2)9-14(15)18-16(19)17/h3-9H,10H2,1-2H3,(H2,17,18). The molecule has 0 aliphatic heterocycles. The highest BCUT2D eigenvalue weighted by Crippen LogP contribution is 2.23. The van der Waals surface area contributed by atoms with Crippen molar-refractivity contribution in [2.24, 2.45) is 0 Å². The smallest absolute Gasteiger partial charge is 0.201 e. The van der Waals surface area contributed by atoms with Crippen LogP contribution in [0.25, 0.3) is 11.0 Å². The quantitative estimate of drug-likeness (QED) is 0.793. The molecule has 0 aliphatic rings. The molecule has 2 aromatic carbocycles. The maximum atomic E-state index is 6.04. The first-order valence-corrected chi connectivity index (χ1v) is 6.52. The number of nitrogens with two attached hydrogens (primary N) is 1. The second kappa shape index (κ2) is 4.89. The van der Waals surface area contributed by atoms with Gasteiger partial charge in [0.2, 0.25) is 5.95 Å². The molecule has 0 amide bonds. The molecular weight excluding hydrogens is 250 g/mol. The number of hydrogen-bond acceptors (Lipinski definition) is 3. The van der Waals surface area contributed by atoms with E-state index in [1.165, 1.54) is 11.1 Å². The molecular formula is C16H17N3O. The van der Waals surface area contributed by atoms with E-state index in [-0.39, 0.29) is 0 Å². The average Bonchev–Trinajstić information content (AvgIpc) is 2.74. The van der Waals surface area contributed by atoms with Gasteiger partial charge < -0.3 is 15.0 Å². The first kappa shape index (κ1) is 12.5. The van der Waals surface area contributed by atoms with Gasteiger partial charge in [-0.25, -0.2) is 4.98 Å². The SMILES string of the molecule is COc1ccc2c(c1)nc(N)n2Cc1cccc(C)c1. The Hall–Kier alpha value is -2.49. The van der Waals surface area contributed by atoms with Gasteiger partial charge >= 0.3 is 0 Å². The summed E-state index contributed by atoms with van der Waals surface area (Å²) in [6, 6.07) is 14.2. The lowest BCUT2D eigenvalue weighted by Gasteiger charge is -2.07. The maximum Gasteiger partial charge on any atom is 0.201 e. The summed E-state index contributed by atoms with van der Waals surface area (Å²) in [4.78, 5) is 4.40. The minimum absolute atomic E-state index is 0.523. The fraction of sp³-hybridized carbons (Fsp3) is 0.188. The Labute approximate surface area is 117 Å². The van der Waals surface area contributed by atoms with Crippen LogP contribution in [0.4, 0.5) is 5.95 Å². The van der Waals surface area contributed by atoms with Gasteiger partial charge in [-0.15, -0.1) is 0 Å². The Bertz CT molecular complexity index is 762. The number of hydrogen-bond donors (Lipinski definition) is 1. The van der Waals surface area contributed by atoms with Crippen molar-refractivity contribution in [1.82, 2.24) is 9.55 Å². The molecule has 0 saturated heterocycles. The molecule has 4 heteroatoms. The Kier molecular flexibility index (Phi) is 3.06. The predicted octanol–water partition coefficient (Wildman–Crippen LogP) is 2.98. The van der Waals surface area contributed by atoms with Crippen LogP contribution in [0.5, 0.6) is 5.75 Å². The topological polar surface area (TPSA) is 53.1 Å². The molecule has 1 heterocycles. The summed E-state index contributed by atoms with van der Waals surface area (Å²) in [5.41, 5.74) is 10.4. The normalized spacial score (nSPS) is 10.9. The van der Waals surface area contributed by atoms with Gasteiger partial charge in [-0.05, 0) is 24.6 Å². The number of ether oxygens (including phenoxy) is 1. The molecule has 0 bridgehead atoms. The predicted molar refractivity (Wildman–Crippen MR) is 81.0 cm³/mol. The Morgan fingerprint density at radius 1 is 1.20 bits per heavy atom. The number of anilines is 1. The third-order valence-corrected chi connectivity index (χ3v) is 3.41. The summed E-state index contributed by atoms with van der Waals surface area (Å²) in [5, 5.41) is 0. The number of aryl methyl sites for hydroxylation is 1. The molecule has 4 nitrogen and oxygen atoms in total. The molecule has 0 atom stereocenters. The largest absolute Gasteiger partial charge is 0.497 e. The van der Waals surface area contributed by atoms with Gasteiger partial charge in [0.05, 0.1) is 24.7 Å². The molecule has 0 saturated carbocycles. The van der Waals surface area contributed by atoms with E-state index >= 15 is 0 Å². The van der Waals surface area contributed by atoms with Crippen molar-refractivity contribution in [3.05, 3.63) is 53.6 Å². The van der Waals surface area contributed by atoms with Crippen LogP contribution >= 0.6 is 0 Å². The van der Waals surface area contributed by atoms with Gasteiger partial charge in [-0.1, -0.05) is 29.8 Å². The molecule has 3 rings (SSSR count). The Balaban J connectivity index is 2.05. The van der Waals surface area contributed by atoms with E-state index in [0.29, 0.717) is 5.95 Å². The molecule has 102 valence electrons. The van der Waals surface area contributed by atoms with Crippen molar-refractivity contribution < 1.29 is 4.74 Å². The van der Waals surface area contributed by atoms with Crippen LogP contribution in [-0.2, 0) is 6.54 Å². The van der Waals surface area contributed by atoms with Gasteiger partial charge in [0.1, 0.15) is 5.75 Å². The van der Waals surface area contributed by atoms with Gasteiger partial charge in [0.15, 0.2) is 0 Å². The molecule has 3 aromatic rings. The van der Waals surface area contributed by atoms with Crippen molar-refractivity contribution in [1.29, 1.82) is 0 Å². The second-order valence-electron chi connectivity index (χ2n) is 4.90. The highest BCUT2D eigenvalue weighted by molar-refractivity contribution is 5.80. The van der Waals surface area contributed by atoms with Crippen molar-refractivity contribution in [2.75, 3.05) is 12.8 Å². The number of rotatable bonds is 3. The average molecular weight is 267 g/mol. The van der Waals surface area contributed by atoms with Crippen LogP contribution in [0.15, 0.2) is 42.5 Å². The van der Waals surface area contributed by atoms with Crippen molar-refractivity contribution >= 4 is 17.0 Å². The number of nitrogens with zero attached hydrogens (tertiary/aromatic N) is 2. The zero-order valence-electron chi connectivity index (χ0n) is 11.6. The minimum Gasteiger partial charge on any atom is -0.497 e. The monoisotopic (exact) mass is 267 g/mol. The summed E-state index contributed by atoms with van der Waals surface area (Å²) in [6.45, 7) is 2.81. The molecule has 20 heavy (non-hydrogen) atoms. The van der Waals surface area contributed by atoms with Crippen LogP contribution in [0.1, 0.15) is 11.1 Å². The first-order valence-electron chi connectivity index (χ1n) is 6.52. The van der Waals surface area contributed by atoms with E-state index in [1.807, 2.05) is 22.8 Å². The lowest BCUT2D eigenvalue weighted by molar-refractivity contribution is 0.415. The zero-order chi connectivity index (χ0) is 14.1. The molecule has 0 spiro atoms. The zero-order valence-corrected chi connectivity index (χ0v) is 11.6. The number of imidazole rings is 1. The number of fused-ring (bicyclic) bond motifs is 1. The summed E-state index contributed by atoms with van der Waals surface area (Å²) >= 11 is 0. The van der Waals surface area contributed by atoms with Crippen LogP contribution in [0.2, 0.25) is 0 Å². The molecule has 2 N–H and O–H groups in total. The third-order valence-electron chi connectivity index (χ3n) is 3.41. The van der Waals surface area contributed by atoms with E-state index in [0.717, 1.165) is 23.3 Å². The van der Waals surface area contributed by atoms with Gasteiger partial charge in [-0.3, -0.25) is 0 Å². The van der Waals surface area contributed by atoms with E-state index in [1.54, 1.807) is 7.11 Å². The maximum absolute atomic E-state index is 6.04. The van der Waals surface area contributed by atoms with Crippen LogP contribution < -0.4 is 10.5 Å². The summed E-state index contributed by atoms with van der Waals surface area (Å²) in [6.07, 6.45) is 0. The molecule has 0 fully saturated rings. The van der Waals surface area contributed by atoms with Crippen molar-refractivity contribution in [2.45, 2.75) is 13.5 Å². The minimum atomic E-state index is 0.523. The lowest BCUT2D eigenvalue weighted by Crippen LogP contribution is -2.04. The summed E-state index contributed by atoms with van der Waals surface area (Å²) in [5.74, 6) is 1.31. The first-order chi connectivity index (χ1) is 9.67. The van der Waals surface area contributed by atoms with Crippen molar-refractivity contribution in [3.63, 3.8) is 0 Å². The van der Waals surface area contributed by atoms with E-state index < -0.39 is 0 Å². The lowest BCUT2D eigenvalue weighted by atomic mass is 10.1. The highest BCUT2D eigenvalue weighted by atomic mass is 16.5.